The van der Waals surface area contributed by atoms with E-state index in [0.29, 0.717) is 11.5 Å². The third kappa shape index (κ3) is 4.20. The predicted octanol–water partition coefficient (Wildman–Crippen LogP) is 5.36. The third-order valence-corrected chi connectivity index (χ3v) is 6.43. The van der Waals surface area contributed by atoms with Crippen molar-refractivity contribution in [3.63, 3.8) is 0 Å². The highest BCUT2D eigenvalue weighted by molar-refractivity contribution is 7.22. The van der Waals surface area contributed by atoms with Crippen LogP contribution in [-0.2, 0) is 11.3 Å². The summed E-state index contributed by atoms with van der Waals surface area (Å²) in [6, 6.07) is 11.9. The largest absolute Gasteiger partial charge is 0.376 e. The Bertz CT molecular complexity index is 898. The lowest BCUT2D eigenvalue weighted by molar-refractivity contribution is 0.102. The smallest absolute Gasteiger partial charge is 0.267 e. The predicted molar refractivity (Wildman–Crippen MR) is 107 cm³/mol. The molecule has 0 aliphatic heterocycles. The Kier molecular flexibility index (Phi) is 5.15. The molecule has 0 radical (unpaired) electrons. The van der Waals surface area contributed by atoms with Gasteiger partial charge in [0.15, 0.2) is 0 Å². The second-order valence-corrected chi connectivity index (χ2v) is 8.47. The number of benzene rings is 1. The van der Waals surface area contributed by atoms with Crippen molar-refractivity contribution in [1.29, 1.82) is 0 Å². The fourth-order valence-corrected chi connectivity index (χ4v) is 4.43. The van der Waals surface area contributed by atoms with Crippen molar-refractivity contribution in [3.05, 3.63) is 57.9 Å². The number of thiazole rings is 1. The van der Waals surface area contributed by atoms with Gasteiger partial charge in [-0.3, -0.25) is 4.79 Å². The second kappa shape index (κ2) is 7.70. The van der Waals surface area contributed by atoms with Crippen molar-refractivity contribution in [3.8, 4) is 9.88 Å². The highest BCUT2D eigenvalue weighted by Gasteiger charge is 2.21. The van der Waals surface area contributed by atoms with Gasteiger partial charge < -0.3 is 10.1 Å². The molecular formula is C20H20N2O2S2. The van der Waals surface area contributed by atoms with Gasteiger partial charge in [0.2, 0.25) is 0 Å². The van der Waals surface area contributed by atoms with Crippen LogP contribution in [0.2, 0.25) is 0 Å². The number of carbonyl (C=O) groups excluding carboxylic acids is 1. The van der Waals surface area contributed by atoms with Gasteiger partial charge in [-0.05, 0) is 54.8 Å². The van der Waals surface area contributed by atoms with Gasteiger partial charge in [0.05, 0.1) is 17.2 Å². The van der Waals surface area contributed by atoms with Crippen LogP contribution >= 0.6 is 22.7 Å². The number of aromatic nitrogens is 1. The number of carbonyl (C=O) groups is 1. The summed E-state index contributed by atoms with van der Waals surface area (Å²) in [5.41, 5.74) is 2.62. The van der Waals surface area contributed by atoms with E-state index in [0.717, 1.165) is 39.4 Å². The number of anilines is 1. The molecule has 3 aromatic rings. The second-order valence-electron chi connectivity index (χ2n) is 6.52. The zero-order valence-corrected chi connectivity index (χ0v) is 16.2. The number of hydrogen-bond acceptors (Lipinski definition) is 5. The van der Waals surface area contributed by atoms with E-state index in [-0.39, 0.29) is 5.91 Å². The number of aryl methyl sites for hydroxylation is 1. The lowest BCUT2D eigenvalue weighted by Gasteiger charge is -2.07. The van der Waals surface area contributed by atoms with Crippen molar-refractivity contribution < 1.29 is 9.53 Å². The number of rotatable bonds is 7. The number of thiophene rings is 1. The molecule has 4 rings (SSSR count). The van der Waals surface area contributed by atoms with Crippen LogP contribution in [0.4, 0.5) is 5.69 Å². The maximum Gasteiger partial charge on any atom is 0.267 e. The highest BCUT2D eigenvalue weighted by atomic mass is 32.1. The quantitative estimate of drug-likeness (QED) is 0.597. The van der Waals surface area contributed by atoms with Crippen LogP contribution in [0.3, 0.4) is 0 Å². The monoisotopic (exact) mass is 384 g/mol. The Morgan fingerprint density at radius 2 is 2.19 bits per heavy atom. The normalized spacial score (nSPS) is 13.7. The molecule has 26 heavy (non-hydrogen) atoms. The van der Waals surface area contributed by atoms with Crippen LogP contribution in [0.5, 0.6) is 0 Å². The first-order chi connectivity index (χ1) is 12.7. The standard InChI is InChI=1S/C20H20N2O2S2/c1-13-18(26-20(21-13)17-6-3-9-25-17)19(23)22-16-5-2-4-15(10-16)12-24-11-14-7-8-14/h2-6,9-10,14H,7-8,11-12H2,1H3,(H,22,23). The van der Waals surface area contributed by atoms with Gasteiger partial charge in [0, 0.05) is 12.3 Å². The lowest BCUT2D eigenvalue weighted by Crippen LogP contribution is -2.11. The Balaban J connectivity index is 1.42. The molecule has 0 bridgehead atoms. The maximum atomic E-state index is 12.7. The molecule has 1 aromatic carbocycles. The minimum absolute atomic E-state index is 0.112. The van der Waals surface area contributed by atoms with Crippen molar-refractivity contribution >= 4 is 34.3 Å². The molecule has 1 N–H and O–H groups in total. The number of ether oxygens (including phenoxy) is 1. The SMILES string of the molecule is Cc1nc(-c2cccs2)sc1C(=O)Nc1cccc(COCC2CC2)c1. The van der Waals surface area contributed by atoms with Crippen LogP contribution < -0.4 is 5.32 Å². The molecule has 2 heterocycles. The zero-order valence-electron chi connectivity index (χ0n) is 14.5. The van der Waals surface area contributed by atoms with Crippen LogP contribution in [0.25, 0.3) is 9.88 Å². The van der Waals surface area contributed by atoms with E-state index in [1.165, 1.54) is 24.2 Å². The molecule has 1 fully saturated rings. The first-order valence-electron chi connectivity index (χ1n) is 8.68. The van der Waals surface area contributed by atoms with Gasteiger partial charge in [-0.1, -0.05) is 18.2 Å². The Hall–Kier alpha value is -2.02. The van der Waals surface area contributed by atoms with Crippen molar-refractivity contribution in [2.45, 2.75) is 26.4 Å². The highest BCUT2D eigenvalue weighted by Crippen LogP contribution is 2.31. The first-order valence-corrected chi connectivity index (χ1v) is 10.4. The average molecular weight is 385 g/mol. The summed E-state index contributed by atoms with van der Waals surface area (Å²) >= 11 is 3.07. The van der Waals surface area contributed by atoms with E-state index in [1.807, 2.05) is 48.7 Å². The molecule has 1 aliphatic rings. The molecule has 0 unspecified atom stereocenters. The fraction of sp³-hybridized carbons (Fsp3) is 0.300. The fourth-order valence-electron chi connectivity index (χ4n) is 2.67. The molecule has 0 spiro atoms. The molecule has 134 valence electrons. The van der Waals surface area contributed by atoms with E-state index in [1.54, 1.807) is 11.3 Å². The topological polar surface area (TPSA) is 51.2 Å². The Labute approximate surface area is 160 Å². The zero-order chi connectivity index (χ0) is 17.9. The number of nitrogens with one attached hydrogen (secondary N) is 1. The van der Waals surface area contributed by atoms with Crippen molar-refractivity contribution in [2.75, 3.05) is 11.9 Å². The summed E-state index contributed by atoms with van der Waals surface area (Å²) in [7, 11) is 0. The Morgan fingerprint density at radius 3 is 2.96 bits per heavy atom. The molecule has 0 atom stereocenters. The summed E-state index contributed by atoms with van der Waals surface area (Å²) in [4.78, 5) is 19.0. The van der Waals surface area contributed by atoms with Gasteiger partial charge in [-0.25, -0.2) is 4.98 Å². The molecule has 0 saturated heterocycles. The summed E-state index contributed by atoms with van der Waals surface area (Å²) in [5, 5.41) is 5.90. The lowest BCUT2D eigenvalue weighted by atomic mass is 10.2. The van der Waals surface area contributed by atoms with Gasteiger partial charge in [-0.15, -0.1) is 22.7 Å². The molecule has 2 aromatic heterocycles. The number of amides is 1. The van der Waals surface area contributed by atoms with Gasteiger partial charge >= 0.3 is 0 Å². The average Bonchev–Trinajstić information content (AvgIpc) is 3.13. The van der Waals surface area contributed by atoms with E-state index in [9.17, 15) is 4.79 Å². The Morgan fingerprint density at radius 1 is 1.31 bits per heavy atom. The van der Waals surface area contributed by atoms with E-state index < -0.39 is 0 Å². The molecule has 6 heteroatoms. The van der Waals surface area contributed by atoms with Gasteiger partial charge in [-0.2, -0.15) is 0 Å². The summed E-state index contributed by atoms with van der Waals surface area (Å²) in [5.74, 6) is 0.642. The summed E-state index contributed by atoms with van der Waals surface area (Å²) in [6.07, 6.45) is 2.58. The molecule has 1 aliphatic carbocycles. The third-order valence-electron chi connectivity index (χ3n) is 4.24. The van der Waals surface area contributed by atoms with Gasteiger partial charge in [0.25, 0.3) is 5.91 Å². The molecule has 4 nitrogen and oxygen atoms in total. The molecule has 1 amide bonds. The van der Waals surface area contributed by atoms with Gasteiger partial charge in [0.1, 0.15) is 9.88 Å². The number of nitrogens with zero attached hydrogens (tertiary/aromatic N) is 1. The van der Waals surface area contributed by atoms with Crippen LogP contribution in [0, 0.1) is 12.8 Å². The minimum Gasteiger partial charge on any atom is -0.376 e. The summed E-state index contributed by atoms with van der Waals surface area (Å²) in [6.45, 7) is 3.30. The number of hydrogen-bond donors (Lipinski definition) is 1. The summed E-state index contributed by atoms with van der Waals surface area (Å²) < 4.78 is 5.73. The van der Waals surface area contributed by atoms with Crippen molar-refractivity contribution in [2.24, 2.45) is 5.92 Å². The van der Waals surface area contributed by atoms with E-state index in [4.69, 9.17) is 4.74 Å². The molecular weight excluding hydrogens is 364 g/mol. The van der Waals surface area contributed by atoms with Crippen LogP contribution in [0.1, 0.15) is 33.8 Å². The molecule has 1 saturated carbocycles. The minimum atomic E-state index is -0.112. The van der Waals surface area contributed by atoms with Crippen LogP contribution in [0.15, 0.2) is 41.8 Å². The van der Waals surface area contributed by atoms with Crippen molar-refractivity contribution in [1.82, 2.24) is 4.98 Å². The maximum absolute atomic E-state index is 12.7. The van der Waals surface area contributed by atoms with Crippen LogP contribution in [-0.4, -0.2) is 17.5 Å². The first kappa shape index (κ1) is 17.4. The van der Waals surface area contributed by atoms with E-state index in [2.05, 4.69) is 10.3 Å². The van der Waals surface area contributed by atoms with E-state index >= 15 is 0 Å².